The van der Waals surface area contributed by atoms with Gasteiger partial charge in [0.2, 0.25) is 10.0 Å². The van der Waals surface area contributed by atoms with Crippen LogP contribution in [0, 0.1) is 0 Å². The molecule has 112 valence electrons. The molecule has 5 nitrogen and oxygen atoms in total. The monoisotopic (exact) mass is 299 g/mol. The van der Waals surface area contributed by atoms with Gasteiger partial charge in [0.25, 0.3) is 0 Å². The van der Waals surface area contributed by atoms with E-state index in [2.05, 4.69) is 4.72 Å². The number of carbonyl (C=O) groups excluding carboxylic acids is 1. The molecule has 0 amide bonds. The molecule has 0 spiro atoms. The molecule has 0 aromatic heterocycles. The van der Waals surface area contributed by atoms with Crippen LogP contribution in [0.15, 0.2) is 30.3 Å². The Kier molecular flexibility index (Phi) is 5.30. The fourth-order valence-corrected chi connectivity index (χ4v) is 2.28. The lowest BCUT2D eigenvalue weighted by Crippen LogP contribution is -2.38. The van der Waals surface area contributed by atoms with Gasteiger partial charge in [-0.25, -0.2) is 13.2 Å². The van der Waals surface area contributed by atoms with E-state index in [-0.39, 0.29) is 5.75 Å². The van der Waals surface area contributed by atoms with Gasteiger partial charge in [0.15, 0.2) is 0 Å². The summed E-state index contributed by atoms with van der Waals surface area (Å²) in [5.74, 6) is -0.709. The highest BCUT2D eigenvalue weighted by Gasteiger charge is 2.29. The summed E-state index contributed by atoms with van der Waals surface area (Å²) in [7, 11) is -3.52. The number of esters is 1. The topological polar surface area (TPSA) is 72.5 Å². The third-order valence-electron chi connectivity index (χ3n) is 2.45. The van der Waals surface area contributed by atoms with Crippen molar-refractivity contribution in [2.45, 2.75) is 39.3 Å². The number of nitrogens with one attached hydrogen (secondary N) is 1. The summed E-state index contributed by atoms with van der Waals surface area (Å²) in [6, 6.07) is 7.63. The highest BCUT2D eigenvalue weighted by atomic mass is 32.2. The van der Waals surface area contributed by atoms with E-state index in [1.165, 1.54) is 6.92 Å². The maximum atomic E-state index is 12.2. The van der Waals surface area contributed by atoms with Crippen LogP contribution in [0.4, 0.5) is 0 Å². The molecule has 20 heavy (non-hydrogen) atoms. The molecule has 0 aliphatic rings. The first-order chi connectivity index (χ1) is 9.14. The number of rotatable bonds is 5. The number of sulfonamides is 1. The van der Waals surface area contributed by atoms with Gasteiger partial charge in [-0.1, -0.05) is 30.3 Å². The van der Waals surface area contributed by atoms with Crippen LogP contribution in [-0.2, 0) is 19.6 Å². The maximum Gasteiger partial charge on any atom is 0.329 e. The van der Waals surface area contributed by atoms with Crippen molar-refractivity contribution in [1.82, 2.24) is 4.72 Å². The standard InChI is InChI=1S/C14H21NO4S/c1-5-20(17,18)15-12(11-9-7-6-8-10-11)13(16)19-14(2,3)4/h6-10,12,15H,5H2,1-4H3/t12-/m0/s1. The molecular formula is C14H21NO4S. The first-order valence-corrected chi connectivity index (χ1v) is 8.07. The largest absolute Gasteiger partial charge is 0.459 e. The lowest BCUT2D eigenvalue weighted by atomic mass is 10.1. The second-order valence-electron chi connectivity index (χ2n) is 5.40. The molecule has 0 radical (unpaired) electrons. The smallest absolute Gasteiger partial charge is 0.329 e. The zero-order chi connectivity index (χ0) is 15.4. The van der Waals surface area contributed by atoms with E-state index in [0.29, 0.717) is 5.56 Å². The zero-order valence-electron chi connectivity index (χ0n) is 12.2. The van der Waals surface area contributed by atoms with Crippen LogP contribution in [0.3, 0.4) is 0 Å². The third kappa shape index (κ3) is 5.30. The van der Waals surface area contributed by atoms with Crippen LogP contribution in [-0.4, -0.2) is 25.7 Å². The van der Waals surface area contributed by atoms with Crippen molar-refractivity contribution in [2.24, 2.45) is 0 Å². The Morgan fingerprint density at radius 3 is 2.25 bits per heavy atom. The minimum atomic E-state index is -3.52. The first kappa shape index (κ1) is 16.7. The SMILES string of the molecule is CCS(=O)(=O)N[C@H](C(=O)OC(C)(C)C)c1ccccc1. The van der Waals surface area contributed by atoms with Gasteiger partial charge in [0.1, 0.15) is 11.6 Å². The summed E-state index contributed by atoms with van der Waals surface area (Å²) in [5.41, 5.74) is -0.124. The third-order valence-corrected chi connectivity index (χ3v) is 3.81. The van der Waals surface area contributed by atoms with Gasteiger partial charge in [-0.2, -0.15) is 4.72 Å². The molecule has 6 heteroatoms. The Morgan fingerprint density at radius 1 is 1.25 bits per heavy atom. The molecule has 0 saturated carbocycles. The fourth-order valence-electron chi connectivity index (χ4n) is 1.52. The number of carbonyl (C=O) groups is 1. The van der Waals surface area contributed by atoms with Gasteiger partial charge < -0.3 is 4.74 Å². The number of hydrogen-bond donors (Lipinski definition) is 1. The summed E-state index contributed by atoms with van der Waals surface area (Å²) in [6.07, 6.45) is 0. The van der Waals surface area contributed by atoms with Crippen molar-refractivity contribution in [3.8, 4) is 0 Å². The van der Waals surface area contributed by atoms with Crippen LogP contribution in [0.5, 0.6) is 0 Å². The van der Waals surface area contributed by atoms with Crippen molar-refractivity contribution in [3.63, 3.8) is 0 Å². The maximum absolute atomic E-state index is 12.2. The van der Waals surface area contributed by atoms with E-state index >= 15 is 0 Å². The van der Waals surface area contributed by atoms with Gasteiger partial charge in [-0.3, -0.25) is 0 Å². The highest BCUT2D eigenvalue weighted by Crippen LogP contribution is 2.19. The van der Waals surface area contributed by atoms with Gasteiger partial charge >= 0.3 is 5.97 Å². The summed E-state index contributed by atoms with van der Waals surface area (Å²) >= 11 is 0. The Hall–Kier alpha value is -1.40. The predicted octanol–water partition coefficient (Wildman–Crippen LogP) is 2.01. The van der Waals surface area contributed by atoms with E-state index in [1.54, 1.807) is 51.1 Å². The summed E-state index contributed by atoms with van der Waals surface area (Å²) in [5, 5.41) is 0. The van der Waals surface area contributed by atoms with Gasteiger partial charge in [0.05, 0.1) is 5.75 Å². The molecule has 1 aromatic rings. The minimum Gasteiger partial charge on any atom is -0.459 e. The molecular weight excluding hydrogens is 278 g/mol. The van der Waals surface area contributed by atoms with Crippen LogP contribution in [0.25, 0.3) is 0 Å². The van der Waals surface area contributed by atoms with Crippen molar-refractivity contribution in [2.75, 3.05) is 5.75 Å². The zero-order valence-corrected chi connectivity index (χ0v) is 13.0. The Labute approximate surface area is 120 Å². The van der Waals surface area contributed by atoms with Gasteiger partial charge in [-0.05, 0) is 33.3 Å². The molecule has 1 rings (SSSR count). The molecule has 0 heterocycles. The number of ether oxygens (including phenoxy) is 1. The lowest BCUT2D eigenvalue weighted by Gasteiger charge is -2.24. The minimum absolute atomic E-state index is 0.0981. The van der Waals surface area contributed by atoms with E-state index in [9.17, 15) is 13.2 Å². The van der Waals surface area contributed by atoms with Crippen LogP contribution < -0.4 is 4.72 Å². The normalized spacial score (nSPS) is 13.8. The molecule has 0 aliphatic heterocycles. The molecule has 0 bridgehead atoms. The predicted molar refractivity (Wildman–Crippen MR) is 77.6 cm³/mol. The lowest BCUT2D eigenvalue weighted by molar-refractivity contribution is -0.157. The molecule has 1 aromatic carbocycles. The molecule has 1 N–H and O–H groups in total. The molecule has 1 atom stereocenters. The fraction of sp³-hybridized carbons (Fsp3) is 0.500. The quantitative estimate of drug-likeness (QED) is 0.844. The summed E-state index contributed by atoms with van der Waals surface area (Å²) in [4.78, 5) is 12.2. The van der Waals surface area contributed by atoms with Crippen molar-refractivity contribution < 1.29 is 17.9 Å². The summed E-state index contributed by atoms with van der Waals surface area (Å²) in [6.45, 7) is 6.73. The van der Waals surface area contributed by atoms with E-state index in [4.69, 9.17) is 4.74 Å². The van der Waals surface area contributed by atoms with Crippen molar-refractivity contribution >= 4 is 16.0 Å². The molecule has 0 saturated heterocycles. The first-order valence-electron chi connectivity index (χ1n) is 6.42. The van der Waals surface area contributed by atoms with Crippen molar-refractivity contribution in [1.29, 1.82) is 0 Å². The number of benzene rings is 1. The van der Waals surface area contributed by atoms with Crippen LogP contribution >= 0.6 is 0 Å². The van der Waals surface area contributed by atoms with E-state index in [1.807, 2.05) is 0 Å². The Bertz CT molecular complexity index is 546. The summed E-state index contributed by atoms with van der Waals surface area (Å²) < 4.78 is 31.1. The second kappa shape index (κ2) is 6.37. The van der Waals surface area contributed by atoms with E-state index in [0.717, 1.165) is 0 Å². The van der Waals surface area contributed by atoms with Gasteiger partial charge in [-0.15, -0.1) is 0 Å². The van der Waals surface area contributed by atoms with Crippen LogP contribution in [0.2, 0.25) is 0 Å². The van der Waals surface area contributed by atoms with E-state index < -0.39 is 27.6 Å². The number of hydrogen-bond acceptors (Lipinski definition) is 4. The highest BCUT2D eigenvalue weighted by molar-refractivity contribution is 7.89. The van der Waals surface area contributed by atoms with Gasteiger partial charge in [0, 0.05) is 0 Å². The van der Waals surface area contributed by atoms with Crippen molar-refractivity contribution in [3.05, 3.63) is 35.9 Å². The Balaban J connectivity index is 3.06. The average molecular weight is 299 g/mol. The average Bonchev–Trinajstić information content (AvgIpc) is 2.35. The van der Waals surface area contributed by atoms with Crippen LogP contribution in [0.1, 0.15) is 39.3 Å². The Morgan fingerprint density at radius 2 is 1.80 bits per heavy atom. The molecule has 0 unspecified atom stereocenters. The molecule has 0 aliphatic carbocycles. The second-order valence-corrected chi connectivity index (χ2v) is 7.44. The molecule has 0 fully saturated rings.